The Morgan fingerprint density at radius 2 is 2.12 bits per heavy atom. The first kappa shape index (κ1) is 22.7. The summed E-state index contributed by atoms with van der Waals surface area (Å²) in [6, 6.07) is 9.81. The molecule has 0 unspecified atom stereocenters. The average Bonchev–Trinajstić information content (AvgIpc) is 2.67. The standard InChI is InChI=1S/C19H28N4O2.HI/c1-21-19(22-15-17-6-3-5-16(13-17)14-20)23-9-7-18(8-10-23)25-12-4-11-24-2;/h3,5-6,13,18H,4,7-12,15H2,1-2H3,(H,21,22);1H. The van der Waals surface area contributed by atoms with Crippen molar-refractivity contribution in [1.29, 1.82) is 5.26 Å². The first-order valence-corrected chi connectivity index (χ1v) is 8.82. The third kappa shape index (κ3) is 7.48. The van der Waals surface area contributed by atoms with Crippen molar-refractivity contribution in [2.24, 2.45) is 4.99 Å². The zero-order chi connectivity index (χ0) is 17.9. The molecule has 1 aromatic carbocycles. The summed E-state index contributed by atoms with van der Waals surface area (Å²) in [5.41, 5.74) is 1.76. The molecule has 0 aliphatic carbocycles. The largest absolute Gasteiger partial charge is 0.385 e. The van der Waals surface area contributed by atoms with E-state index in [2.05, 4.69) is 21.3 Å². The minimum atomic E-state index is 0. The molecule has 1 heterocycles. The van der Waals surface area contributed by atoms with Gasteiger partial charge in [0.15, 0.2) is 5.96 Å². The molecule has 0 atom stereocenters. The van der Waals surface area contributed by atoms with E-state index in [1.165, 1.54) is 0 Å². The van der Waals surface area contributed by atoms with Gasteiger partial charge in [0.1, 0.15) is 0 Å². The fourth-order valence-corrected chi connectivity index (χ4v) is 2.95. The first-order valence-electron chi connectivity index (χ1n) is 8.82. The lowest BCUT2D eigenvalue weighted by molar-refractivity contribution is 0.00989. The molecular weight excluding hydrogens is 443 g/mol. The number of likely N-dealkylation sites (tertiary alicyclic amines) is 1. The lowest BCUT2D eigenvalue weighted by atomic mass is 10.1. The number of nitrogens with one attached hydrogen (secondary N) is 1. The molecule has 26 heavy (non-hydrogen) atoms. The molecule has 0 radical (unpaired) electrons. The van der Waals surface area contributed by atoms with Crippen molar-refractivity contribution in [3.8, 4) is 6.07 Å². The van der Waals surface area contributed by atoms with Crippen molar-refractivity contribution < 1.29 is 9.47 Å². The second kappa shape index (κ2) is 12.9. The van der Waals surface area contributed by atoms with Crippen LogP contribution in [0.2, 0.25) is 0 Å². The van der Waals surface area contributed by atoms with E-state index in [-0.39, 0.29) is 24.0 Å². The van der Waals surface area contributed by atoms with E-state index in [0.717, 1.165) is 57.1 Å². The number of nitriles is 1. The number of piperidine rings is 1. The Labute approximate surface area is 173 Å². The van der Waals surface area contributed by atoms with Gasteiger partial charge in [0.05, 0.1) is 17.7 Å². The molecule has 0 spiro atoms. The SMILES string of the molecule is CN=C(NCc1cccc(C#N)c1)N1CCC(OCCCOC)CC1.I. The van der Waals surface area contributed by atoms with Gasteiger partial charge in [0.2, 0.25) is 0 Å². The van der Waals surface area contributed by atoms with Gasteiger partial charge in [-0.2, -0.15) is 5.26 Å². The number of hydrogen-bond donors (Lipinski definition) is 1. The summed E-state index contributed by atoms with van der Waals surface area (Å²) in [6.07, 6.45) is 3.30. The lowest BCUT2D eigenvalue weighted by Gasteiger charge is -2.34. The van der Waals surface area contributed by atoms with Gasteiger partial charge >= 0.3 is 0 Å². The minimum absolute atomic E-state index is 0. The van der Waals surface area contributed by atoms with E-state index in [1.807, 2.05) is 24.3 Å². The van der Waals surface area contributed by atoms with E-state index >= 15 is 0 Å². The van der Waals surface area contributed by atoms with Gasteiger partial charge in [-0.25, -0.2) is 0 Å². The normalized spacial score (nSPS) is 15.3. The van der Waals surface area contributed by atoms with Crippen LogP contribution in [0, 0.1) is 11.3 Å². The van der Waals surface area contributed by atoms with E-state index in [1.54, 1.807) is 14.2 Å². The number of methoxy groups -OCH3 is 1. The zero-order valence-electron chi connectivity index (χ0n) is 15.6. The van der Waals surface area contributed by atoms with Crippen LogP contribution in [0.3, 0.4) is 0 Å². The number of rotatable bonds is 7. The summed E-state index contributed by atoms with van der Waals surface area (Å²) < 4.78 is 10.9. The molecule has 1 aromatic rings. The lowest BCUT2D eigenvalue weighted by Crippen LogP contribution is -2.46. The molecule has 144 valence electrons. The summed E-state index contributed by atoms with van der Waals surface area (Å²) in [4.78, 5) is 6.66. The number of benzene rings is 1. The van der Waals surface area contributed by atoms with Crippen molar-refractivity contribution in [3.63, 3.8) is 0 Å². The number of ether oxygens (including phenoxy) is 2. The Morgan fingerprint density at radius 3 is 2.77 bits per heavy atom. The number of nitrogens with zero attached hydrogens (tertiary/aromatic N) is 3. The number of halogens is 1. The molecule has 1 saturated heterocycles. The minimum Gasteiger partial charge on any atom is -0.385 e. The molecule has 7 heteroatoms. The number of aliphatic imine (C=N–C) groups is 1. The van der Waals surface area contributed by atoms with Crippen molar-refractivity contribution in [2.45, 2.75) is 31.9 Å². The Balaban J connectivity index is 0.00000338. The van der Waals surface area contributed by atoms with Gasteiger partial charge in [-0.1, -0.05) is 12.1 Å². The summed E-state index contributed by atoms with van der Waals surface area (Å²) in [7, 11) is 3.52. The molecule has 1 N–H and O–H groups in total. The van der Waals surface area contributed by atoms with Gasteiger partial charge < -0.3 is 19.7 Å². The van der Waals surface area contributed by atoms with Crippen LogP contribution in [0.25, 0.3) is 0 Å². The van der Waals surface area contributed by atoms with E-state index in [9.17, 15) is 0 Å². The van der Waals surface area contributed by atoms with Crippen molar-refractivity contribution in [3.05, 3.63) is 35.4 Å². The smallest absolute Gasteiger partial charge is 0.193 e. The Hall–Kier alpha value is -1.37. The van der Waals surface area contributed by atoms with Gasteiger partial charge in [0, 0.05) is 47.0 Å². The predicted molar refractivity (Wildman–Crippen MR) is 114 cm³/mol. The zero-order valence-corrected chi connectivity index (χ0v) is 17.9. The van der Waals surface area contributed by atoms with Crippen molar-refractivity contribution in [2.75, 3.05) is 40.5 Å². The molecule has 1 fully saturated rings. The molecule has 1 aliphatic heterocycles. The van der Waals surface area contributed by atoms with Crippen LogP contribution in [0.15, 0.2) is 29.3 Å². The molecular formula is C19H29IN4O2. The second-order valence-electron chi connectivity index (χ2n) is 6.12. The Bertz CT molecular complexity index is 595. The van der Waals surface area contributed by atoms with Gasteiger partial charge in [0.25, 0.3) is 0 Å². The van der Waals surface area contributed by atoms with Gasteiger partial charge in [-0.05, 0) is 37.0 Å². The summed E-state index contributed by atoms with van der Waals surface area (Å²) >= 11 is 0. The molecule has 2 rings (SSSR count). The third-order valence-electron chi connectivity index (χ3n) is 4.31. The average molecular weight is 472 g/mol. The van der Waals surface area contributed by atoms with Crippen LogP contribution < -0.4 is 5.32 Å². The van der Waals surface area contributed by atoms with Crippen LogP contribution in [0.1, 0.15) is 30.4 Å². The molecule has 0 saturated carbocycles. The molecule has 6 nitrogen and oxygen atoms in total. The van der Waals surface area contributed by atoms with Gasteiger partial charge in [-0.15, -0.1) is 24.0 Å². The van der Waals surface area contributed by atoms with Crippen LogP contribution in [0.5, 0.6) is 0 Å². The Kier molecular flexibility index (Phi) is 11.2. The topological polar surface area (TPSA) is 69.9 Å². The monoisotopic (exact) mass is 472 g/mol. The van der Waals surface area contributed by atoms with Crippen molar-refractivity contribution >= 4 is 29.9 Å². The highest BCUT2D eigenvalue weighted by atomic mass is 127. The van der Waals surface area contributed by atoms with Crippen LogP contribution in [0.4, 0.5) is 0 Å². The highest BCUT2D eigenvalue weighted by Crippen LogP contribution is 2.14. The Morgan fingerprint density at radius 1 is 1.35 bits per heavy atom. The summed E-state index contributed by atoms with van der Waals surface area (Å²) in [5, 5.41) is 12.4. The fraction of sp³-hybridized carbons (Fsp3) is 0.579. The molecule has 1 aliphatic rings. The van der Waals surface area contributed by atoms with Crippen LogP contribution in [-0.2, 0) is 16.0 Å². The predicted octanol–water partition coefficient (Wildman–Crippen LogP) is 2.77. The quantitative estimate of drug-likeness (QED) is 0.286. The highest BCUT2D eigenvalue weighted by Gasteiger charge is 2.21. The van der Waals surface area contributed by atoms with E-state index in [0.29, 0.717) is 18.2 Å². The molecule has 0 bridgehead atoms. The van der Waals surface area contributed by atoms with Crippen LogP contribution in [-0.4, -0.2) is 57.4 Å². The van der Waals surface area contributed by atoms with Crippen molar-refractivity contribution in [1.82, 2.24) is 10.2 Å². The maximum atomic E-state index is 8.98. The van der Waals surface area contributed by atoms with E-state index in [4.69, 9.17) is 14.7 Å². The second-order valence-corrected chi connectivity index (χ2v) is 6.12. The van der Waals surface area contributed by atoms with Gasteiger partial charge in [-0.3, -0.25) is 4.99 Å². The molecule has 0 amide bonds. The highest BCUT2D eigenvalue weighted by molar-refractivity contribution is 14.0. The number of guanidine groups is 1. The molecule has 0 aromatic heterocycles. The fourth-order valence-electron chi connectivity index (χ4n) is 2.95. The maximum Gasteiger partial charge on any atom is 0.193 e. The third-order valence-corrected chi connectivity index (χ3v) is 4.31. The van der Waals surface area contributed by atoms with E-state index < -0.39 is 0 Å². The first-order chi connectivity index (χ1) is 12.3. The maximum absolute atomic E-state index is 8.98. The van der Waals surface area contributed by atoms with Crippen LogP contribution >= 0.6 is 24.0 Å². The summed E-state index contributed by atoms with van der Waals surface area (Å²) in [5.74, 6) is 0.903. The summed E-state index contributed by atoms with van der Waals surface area (Å²) in [6.45, 7) is 4.05. The number of hydrogen-bond acceptors (Lipinski definition) is 4.